The van der Waals surface area contributed by atoms with Crippen LogP contribution in [-0.2, 0) is 6.54 Å². The fourth-order valence-electron chi connectivity index (χ4n) is 2.89. The van der Waals surface area contributed by atoms with E-state index in [1.54, 1.807) is 11.3 Å². The third kappa shape index (κ3) is 2.72. The molecule has 1 saturated heterocycles. The number of piperidine rings is 1. The highest BCUT2D eigenvalue weighted by atomic mass is 32.1. The quantitative estimate of drug-likeness (QED) is 0.936. The van der Waals surface area contributed by atoms with E-state index in [1.165, 1.54) is 36.2 Å². The van der Waals surface area contributed by atoms with Crippen LogP contribution >= 0.6 is 11.3 Å². The summed E-state index contributed by atoms with van der Waals surface area (Å²) in [5.74, 6) is 0. The number of likely N-dealkylation sites (tertiary alicyclic amines) is 1. The summed E-state index contributed by atoms with van der Waals surface area (Å²) in [6.45, 7) is 6.31. The van der Waals surface area contributed by atoms with E-state index in [0.29, 0.717) is 6.04 Å². The Morgan fingerprint density at radius 1 is 1.42 bits per heavy atom. The molecule has 1 fully saturated rings. The first kappa shape index (κ1) is 12.8. The van der Waals surface area contributed by atoms with Crippen LogP contribution in [0, 0.1) is 13.8 Å². The van der Waals surface area contributed by atoms with Crippen molar-refractivity contribution in [3.05, 3.63) is 33.5 Å². The zero-order chi connectivity index (χ0) is 13.2. The second kappa shape index (κ2) is 5.43. The lowest BCUT2D eigenvalue weighted by Crippen LogP contribution is -2.33. The molecule has 0 radical (unpaired) electrons. The summed E-state index contributed by atoms with van der Waals surface area (Å²) in [6, 6.07) is 0.471. The number of aromatic nitrogens is 3. The van der Waals surface area contributed by atoms with Crippen LogP contribution < -0.4 is 0 Å². The lowest BCUT2D eigenvalue weighted by atomic mass is 9.97. The van der Waals surface area contributed by atoms with E-state index in [9.17, 15) is 0 Å². The van der Waals surface area contributed by atoms with E-state index >= 15 is 0 Å². The van der Waals surface area contributed by atoms with Gasteiger partial charge in [0.25, 0.3) is 0 Å². The molecular formula is C14H20N4S. The topological polar surface area (TPSA) is 44.8 Å². The largest absolute Gasteiger partial charge is 0.289 e. The molecule has 1 N–H and O–H groups in total. The monoisotopic (exact) mass is 276 g/mol. The minimum absolute atomic E-state index is 0.471. The van der Waals surface area contributed by atoms with E-state index in [1.807, 2.05) is 6.20 Å². The van der Waals surface area contributed by atoms with Crippen LogP contribution in [0.3, 0.4) is 0 Å². The van der Waals surface area contributed by atoms with E-state index in [2.05, 4.69) is 39.3 Å². The summed E-state index contributed by atoms with van der Waals surface area (Å²) in [6.07, 6.45) is 5.73. The van der Waals surface area contributed by atoms with Gasteiger partial charge in [-0.15, -0.1) is 11.3 Å². The Hall–Kier alpha value is -1.20. The maximum absolute atomic E-state index is 4.59. The molecule has 0 amide bonds. The number of nitrogens with zero attached hydrogens (tertiary/aromatic N) is 3. The van der Waals surface area contributed by atoms with Crippen LogP contribution in [0.15, 0.2) is 11.6 Å². The van der Waals surface area contributed by atoms with Gasteiger partial charge in [0.2, 0.25) is 0 Å². The van der Waals surface area contributed by atoms with Gasteiger partial charge in [-0.25, -0.2) is 4.98 Å². The van der Waals surface area contributed by atoms with Gasteiger partial charge in [-0.3, -0.25) is 10.00 Å². The second-order valence-corrected chi connectivity index (χ2v) is 6.37. The first-order valence-electron chi connectivity index (χ1n) is 6.89. The van der Waals surface area contributed by atoms with Gasteiger partial charge in [0.15, 0.2) is 0 Å². The average molecular weight is 276 g/mol. The molecule has 0 saturated carbocycles. The molecule has 3 rings (SSSR count). The zero-order valence-corrected chi connectivity index (χ0v) is 12.3. The molecule has 0 spiro atoms. The highest BCUT2D eigenvalue weighted by Crippen LogP contribution is 2.32. The molecule has 0 aliphatic carbocycles. The molecule has 19 heavy (non-hydrogen) atoms. The first-order valence-corrected chi connectivity index (χ1v) is 7.77. The van der Waals surface area contributed by atoms with Gasteiger partial charge in [-0.05, 0) is 38.8 Å². The summed E-state index contributed by atoms with van der Waals surface area (Å²) in [5, 5.41) is 10.7. The van der Waals surface area contributed by atoms with Gasteiger partial charge in [0.1, 0.15) is 0 Å². The molecule has 1 aliphatic heterocycles. The van der Waals surface area contributed by atoms with Gasteiger partial charge < -0.3 is 0 Å². The average Bonchev–Trinajstić information content (AvgIpc) is 2.99. The van der Waals surface area contributed by atoms with Crippen molar-refractivity contribution in [2.75, 3.05) is 6.54 Å². The molecular weight excluding hydrogens is 256 g/mol. The lowest BCUT2D eigenvalue weighted by Gasteiger charge is -2.35. The number of rotatable bonds is 3. The van der Waals surface area contributed by atoms with Crippen LogP contribution in [-0.4, -0.2) is 26.6 Å². The van der Waals surface area contributed by atoms with Crippen molar-refractivity contribution in [3.8, 4) is 0 Å². The third-order valence-corrected chi connectivity index (χ3v) is 4.67. The number of nitrogens with one attached hydrogen (secondary N) is 1. The summed E-state index contributed by atoms with van der Waals surface area (Å²) in [4.78, 5) is 7.13. The Balaban J connectivity index is 1.79. The third-order valence-electron chi connectivity index (χ3n) is 3.85. The lowest BCUT2D eigenvalue weighted by molar-refractivity contribution is 0.135. The van der Waals surface area contributed by atoms with Crippen molar-refractivity contribution in [2.45, 2.75) is 45.7 Å². The molecule has 2 aromatic heterocycles. The van der Waals surface area contributed by atoms with Crippen molar-refractivity contribution in [1.29, 1.82) is 0 Å². The smallest absolute Gasteiger partial charge is 0.0897 e. The Bertz CT molecular complexity index is 545. The van der Waals surface area contributed by atoms with Gasteiger partial charge in [0.05, 0.1) is 28.6 Å². The van der Waals surface area contributed by atoms with Crippen LogP contribution in [0.2, 0.25) is 0 Å². The number of H-pyrrole nitrogens is 1. The van der Waals surface area contributed by atoms with Gasteiger partial charge >= 0.3 is 0 Å². The summed E-state index contributed by atoms with van der Waals surface area (Å²) < 4.78 is 0. The predicted molar refractivity (Wildman–Crippen MR) is 77.2 cm³/mol. The van der Waals surface area contributed by atoms with Crippen molar-refractivity contribution in [2.24, 2.45) is 0 Å². The first-order chi connectivity index (χ1) is 9.24. The molecule has 3 heterocycles. The second-order valence-electron chi connectivity index (χ2n) is 5.31. The minimum atomic E-state index is 0.471. The molecule has 2 aromatic rings. The fourth-order valence-corrected chi connectivity index (χ4v) is 3.49. The highest BCUT2D eigenvalue weighted by Gasteiger charge is 2.26. The number of thiazole rings is 1. The SMILES string of the molecule is Cc1nc(CN2CCCCC2c2[nH]ncc2C)cs1. The Morgan fingerprint density at radius 2 is 2.32 bits per heavy atom. The van der Waals surface area contributed by atoms with Gasteiger partial charge in [0, 0.05) is 11.9 Å². The van der Waals surface area contributed by atoms with Gasteiger partial charge in [-0.1, -0.05) is 6.42 Å². The highest BCUT2D eigenvalue weighted by molar-refractivity contribution is 7.09. The van der Waals surface area contributed by atoms with Crippen LogP contribution in [0.5, 0.6) is 0 Å². The minimum Gasteiger partial charge on any atom is -0.289 e. The number of aryl methyl sites for hydroxylation is 2. The van der Waals surface area contributed by atoms with E-state index < -0.39 is 0 Å². The van der Waals surface area contributed by atoms with Crippen molar-refractivity contribution >= 4 is 11.3 Å². The fraction of sp³-hybridized carbons (Fsp3) is 0.571. The van der Waals surface area contributed by atoms with Gasteiger partial charge in [-0.2, -0.15) is 5.10 Å². The summed E-state index contributed by atoms with van der Waals surface area (Å²) >= 11 is 1.74. The molecule has 1 aliphatic rings. The summed E-state index contributed by atoms with van der Waals surface area (Å²) in [5.41, 5.74) is 3.75. The van der Waals surface area contributed by atoms with E-state index in [-0.39, 0.29) is 0 Å². The normalized spacial score (nSPS) is 20.8. The summed E-state index contributed by atoms with van der Waals surface area (Å²) in [7, 11) is 0. The predicted octanol–water partition coefficient (Wildman–Crippen LogP) is 3.21. The van der Waals surface area contributed by atoms with Crippen molar-refractivity contribution in [1.82, 2.24) is 20.1 Å². The molecule has 4 nitrogen and oxygen atoms in total. The molecule has 0 bridgehead atoms. The Kier molecular flexibility index (Phi) is 3.66. The maximum atomic E-state index is 4.59. The standard InChI is InChI=1S/C14H20N4S/c1-10-7-15-17-14(10)13-5-3-4-6-18(13)8-12-9-19-11(2)16-12/h7,9,13H,3-6,8H2,1-2H3,(H,15,17). The maximum Gasteiger partial charge on any atom is 0.0897 e. The van der Waals surface area contributed by atoms with Crippen LogP contribution in [0.1, 0.15) is 47.3 Å². The Labute approximate surface area is 117 Å². The van der Waals surface area contributed by atoms with Crippen molar-refractivity contribution in [3.63, 3.8) is 0 Å². The van der Waals surface area contributed by atoms with E-state index in [4.69, 9.17) is 0 Å². The van der Waals surface area contributed by atoms with Crippen molar-refractivity contribution < 1.29 is 0 Å². The van der Waals surface area contributed by atoms with E-state index in [0.717, 1.165) is 18.1 Å². The molecule has 1 atom stereocenters. The molecule has 102 valence electrons. The number of hydrogen-bond donors (Lipinski definition) is 1. The Morgan fingerprint density at radius 3 is 3.00 bits per heavy atom. The molecule has 1 unspecified atom stereocenters. The number of aromatic amines is 1. The molecule has 5 heteroatoms. The van der Waals surface area contributed by atoms with Crippen LogP contribution in [0.4, 0.5) is 0 Å². The number of hydrogen-bond acceptors (Lipinski definition) is 4. The van der Waals surface area contributed by atoms with Crippen LogP contribution in [0.25, 0.3) is 0 Å². The molecule has 0 aromatic carbocycles. The zero-order valence-electron chi connectivity index (χ0n) is 11.5.